The highest BCUT2D eigenvalue weighted by atomic mass is 31.2. The van der Waals surface area contributed by atoms with Crippen molar-refractivity contribution in [2.45, 2.75) is 296 Å². The average molecular weight is 927 g/mol. The van der Waals surface area contributed by atoms with Crippen LogP contribution in [0, 0.1) is 0 Å². The summed E-state index contributed by atoms with van der Waals surface area (Å²) in [5, 5.41) is 13.8. The molecule has 2 N–H and O–H groups in total. The van der Waals surface area contributed by atoms with E-state index in [1.54, 1.807) is 6.08 Å². The van der Waals surface area contributed by atoms with Gasteiger partial charge in [0.25, 0.3) is 7.82 Å². The van der Waals surface area contributed by atoms with Crippen molar-refractivity contribution in [1.82, 2.24) is 5.32 Å². The first-order valence-electron chi connectivity index (χ1n) is 28.1. The lowest BCUT2D eigenvalue weighted by atomic mass is 10.0. The Morgan fingerprint density at radius 3 is 1.17 bits per heavy atom. The third-order valence-corrected chi connectivity index (χ3v) is 14.0. The summed E-state index contributed by atoms with van der Waals surface area (Å²) in [6.07, 6.45) is 57.2. The topological polar surface area (TPSA) is 108 Å². The van der Waals surface area contributed by atoms with Crippen molar-refractivity contribution in [1.29, 1.82) is 0 Å². The van der Waals surface area contributed by atoms with E-state index in [9.17, 15) is 19.4 Å². The zero-order chi connectivity index (χ0) is 47.1. The number of carbonyl (C=O) groups is 1. The molecule has 0 fully saturated rings. The molecule has 8 nitrogen and oxygen atoms in total. The third-order valence-electron chi connectivity index (χ3n) is 13.0. The predicted molar refractivity (Wildman–Crippen MR) is 275 cm³/mol. The maximum Gasteiger partial charge on any atom is 0.268 e. The van der Waals surface area contributed by atoms with Crippen LogP contribution in [0.25, 0.3) is 0 Å². The fraction of sp³-hybridized carbons (Fsp3) is 0.945. The molecule has 382 valence electrons. The molecule has 9 heteroatoms. The van der Waals surface area contributed by atoms with Crippen LogP contribution in [0.1, 0.15) is 284 Å². The van der Waals surface area contributed by atoms with Crippen LogP contribution >= 0.6 is 7.82 Å². The molecule has 0 spiro atoms. The largest absolute Gasteiger partial charge is 0.756 e. The molecule has 1 amide bonds. The Kier molecular flexibility index (Phi) is 46.8. The standard InChI is InChI=1S/C55H111N2O6P/c1-6-8-10-12-14-16-18-20-22-23-24-25-26-27-28-29-30-31-32-33-34-35-37-39-41-43-45-47-49-55(59)56-53(52-63-64(60,61)62-51-50-57(3,4)5)54(58)48-46-44-42-40-38-36-21-19-17-15-13-11-9-7-2/h46,48,53-54,58H,6-45,47,49-52H2,1-5H3,(H-,56,59,60,61)/b48-46+/t53-,54+/m0/s1. The van der Waals surface area contributed by atoms with Crippen LogP contribution in [-0.2, 0) is 18.4 Å². The van der Waals surface area contributed by atoms with Crippen LogP contribution in [0.5, 0.6) is 0 Å². The van der Waals surface area contributed by atoms with Gasteiger partial charge in [-0.15, -0.1) is 0 Å². The van der Waals surface area contributed by atoms with Crippen LogP contribution in [0.3, 0.4) is 0 Å². The highest BCUT2D eigenvalue weighted by Gasteiger charge is 2.23. The molecule has 0 aliphatic rings. The molecule has 0 aromatic carbocycles. The Hall–Kier alpha value is -0.760. The fourth-order valence-electron chi connectivity index (χ4n) is 8.57. The van der Waals surface area contributed by atoms with Gasteiger partial charge in [-0.3, -0.25) is 9.36 Å². The Morgan fingerprint density at radius 1 is 0.531 bits per heavy atom. The van der Waals surface area contributed by atoms with Crippen molar-refractivity contribution in [3.8, 4) is 0 Å². The smallest absolute Gasteiger partial charge is 0.268 e. The van der Waals surface area contributed by atoms with Crippen molar-refractivity contribution in [2.24, 2.45) is 0 Å². The van der Waals surface area contributed by atoms with Gasteiger partial charge in [-0.1, -0.05) is 270 Å². The number of hydrogen-bond acceptors (Lipinski definition) is 6. The van der Waals surface area contributed by atoms with Gasteiger partial charge in [-0.2, -0.15) is 0 Å². The molecule has 0 bridgehead atoms. The van der Waals surface area contributed by atoms with Gasteiger partial charge in [0.15, 0.2) is 0 Å². The summed E-state index contributed by atoms with van der Waals surface area (Å²) < 4.78 is 23.3. The second-order valence-electron chi connectivity index (χ2n) is 20.7. The zero-order valence-corrected chi connectivity index (χ0v) is 44.4. The molecule has 0 heterocycles. The monoisotopic (exact) mass is 927 g/mol. The molecule has 0 saturated heterocycles. The molecule has 0 radical (unpaired) electrons. The first-order valence-corrected chi connectivity index (χ1v) is 29.5. The quantitative estimate of drug-likeness (QED) is 0.0272. The maximum absolute atomic E-state index is 12.9. The van der Waals surface area contributed by atoms with Crippen LogP contribution in [-0.4, -0.2) is 68.5 Å². The summed E-state index contributed by atoms with van der Waals surface area (Å²) >= 11 is 0. The SMILES string of the molecule is CCCCCCCCCCCCCC/C=C/[C@@H](O)[C@H](COP(=O)([O-])OCC[N+](C)(C)C)NC(=O)CCCCCCCCCCCCCCCCCCCCCCCCCCCCCC. The number of amides is 1. The van der Waals surface area contributed by atoms with Gasteiger partial charge < -0.3 is 28.8 Å². The lowest BCUT2D eigenvalue weighted by Gasteiger charge is -2.29. The number of likely N-dealkylation sites (N-methyl/N-ethyl adjacent to an activating group) is 1. The van der Waals surface area contributed by atoms with Gasteiger partial charge in [-0.05, 0) is 19.3 Å². The number of aliphatic hydroxyl groups excluding tert-OH is 1. The van der Waals surface area contributed by atoms with Crippen LogP contribution in [0.2, 0.25) is 0 Å². The number of hydrogen-bond donors (Lipinski definition) is 2. The van der Waals surface area contributed by atoms with Crippen molar-refractivity contribution in [3.05, 3.63) is 12.2 Å². The van der Waals surface area contributed by atoms with E-state index in [2.05, 4.69) is 19.2 Å². The van der Waals surface area contributed by atoms with Crippen LogP contribution in [0.15, 0.2) is 12.2 Å². The number of allylic oxidation sites excluding steroid dienone is 1. The molecule has 0 aromatic rings. The number of unbranched alkanes of at least 4 members (excludes halogenated alkanes) is 39. The lowest BCUT2D eigenvalue weighted by molar-refractivity contribution is -0.870. The molecule has 0 aliphatic carbocycles. The van der Waals surface area contributed by atoms with Gasteiger partial charge >= 0.3 is 0 Å². The average Bonchev–Trinajstić information content (AvgIpc) is 3.25. The van der Waals surface area contributed by atoms with Gasteiger partial charge in [-0.25, -0.2) is 0 Å². The lowest BCUT2D eigenvalue weighted by Crippen LogP contribution is -2.45. The first-order chi connectivity index (χ1) is 31.0. The van der Waals surface area contributed by atoms with E-state index in [1.807, 2.05) is 27.2 Å². The van der Waals surface area contributed by atoms with Crippen LogP contribution < -0.4 is 10.2 Å². The number of nitrogens with zero attached hydrogens (tertiary/aromatic N) is 1. The van der Waals surface area contributed by atoms with Gasteiger partial charge in [0.2, 0.25) is 5.91 Å². The Balaban J connectivity index is 4.07. The molecule has 3 atom stereocenters. The van der Waals surface area contributed by atoms with Gasteiger partial charge in [0.05, 0.1) is 39.9 Å². The summed E-state index contributed by atoms with van der Waals surface area (Å²) in [7, 11) is 1.28. The van der Waals surface area contributed by atoms with Crippen molar-refractivity contribution in [2.75, 3.05) is 40.9 Å². The summed E-state index contributed by atoms with van der Waals surface area (Å²) in [5.41, 5.74) is 0. The van der Waals surface area contributed by atoms with Crippen LogP contribution in [0.4, 0.5) is 0 Å². The van der Waals surface area contributed by atoms with Crippen molar-refractivity contribution < 1.29 is 32.9 Å². The molecule has 0 aliphatic heterocycles. The summed E-state index contributed by atoms with van der Waals surface area (Å²) in [6, 6.07) is -0.881. The normalized spacial score (nSPS) is 14.0. The van der Waals surface area contributed by atoms with Crippen molar-refractivity contribution in [3.63, 3.8) is 0 Å². The Labute approximate surface area is 399 Å². The number of quaternary nitrogens is 1. The highest BCUT2D eigenvalue weighted by molar-refractivity contribution is 7.45. The molecule has 64 heavy (non-hydrogen) atoms. The van der Waals surface area contributed by atoms with E-state index >= 15 is 0 Å². The second kappa shape index (κ2) is 47.3. The maximum atomic E-state index is 12.9. The fourth-order valence-corrected chi connectivity index (χ4v) is 9.29. The minimum Gasteiger partial charge on any atom is -0.756 e. The number of nitrogens with one attached hydrogen (secondary N) is 1. The molecule has 0 saturated carbocycles. The molecular formula is C55H111N2O6P. The van der Waals surface area contributed by atoms with E-state index in [4.69, 9.17) is 9.05 Å². The summed E-state index contributed by atoms with van der Waals surface area (Å²) in [4.78, 5) is 25.4. The number of rotatable bonds is 52. The van der Waals surface area contributed by atoms with Gasteiger partial charge in [0.1, 0.15) is 13.2 Å². The number of carbonyl (C=O) groups excluding carboxylic acids is 1. The molecular weight excluding hydrogens is 816 g/mol. The summed E-state index contributed by atoms with van der Waals surface area (Å²) in [6.45, 7) is 4.68. The highest BCUT2D eigenvalue weighted by Crippen LogP contribution is 2.38. The van der Waals surface area contributed by atoms with Crippen molar-refractivity contribution >= 4 is 13.7 Å². The zero-order valence-electron chi connectivity index (χ0n) is 43.5. The van der Waals surface area contributed by atoms with E-state index in [0.717, 1.165) is 38.5 Å². The number of phosphoric acid groups is 1. The Morgan fingerprint density at radius 2 is 0.844 bits per heavy atom. The van der Waals surface area contributed by atoms with E-state index in [-0.39, 0.29) is 19.1 Å². The molecule has 0 rings (SSSR count). The minimum absolute atomic E-state index is 0.00244. The van der Waals surface area contributed by atoms with E-state index < -0.39 is 20.0 Å². The first kappa shape index (κ1) is 63.2. The number of phosphoric ester groups is 1. The third kappa shape index (κ3) is 49.2. The molecule has 1 unspecified atom stereocenters. The summed E-state index contributed by atoms with van der Waals surface area (Å²) in [5.74, 6) is -0.191. The van der Waals surface area contributed by atoms with E-state index in [1.165, 1.54) is 225 Å². The Bertz CT molecular complexity index is 1050. The van der Waals surface area contributed by atoms with Gasteiger partial charge in [0, 0.05) is 6.42 Å². The molecule has 0 aromatic heterocycles. The predicted octanol–water partition coefficient (Wildman–Crippen LogP) is 16.0. The second-order valence-corrected chi connectivity index (χ2v) is 22.1. The minimum atomic E-state index is -4.59. The number of aliphatic hydroxyl groups is 1. The van der Waals surface area contributed by atoms with E-state index in [0.29, 0.717) is 17.4 Å².